The molecule has 0 saturated heterocycles. The number of benzene rings is 12. The fraction of sp³-hybridized carbons (Fsp3) is 0.136. The fourth-order valence-electron chi connectivity index (χ4n) is 14.3. The van der Waals surface area contributed by atoms with Crippen LogP contribution in [-0.2, 0) is 18.3 Å². The van der Waals surface area contributed by atoms with Gasteiger partial charge in [0.05, 0.1) is 11.4 Å². The Balaban J connectivity index is 0.962. The first-order valence-electron chi connectivity index (χ1n) is 30.0. The van der Waals surface area contributed by atoms with Gasteiger partial charge in [0.2, 0.25) is 0 Å². The van der Waals surface area contributed by atoms with Gasteiger partial charge in [0, 0.05) is 39.3 Å². The topological polar surface area (TPSA) is 6.48 Å². The molecular weight excluding hydrogens is 1000 g/mol. The monoisotopic (exact) mass is 1070 g/mol. The van der Waals surface area contributed by atoms with Crippen LogP contribution in [0.25, 0.3) is 66.4 Å². The Morgan fingerprint density at radius 1 is 0.301 bits per heavy atom. The second kappa shape index (κ2) is 21.1. The van der Waals surface area contributed by atoms with Gasteiger partial charge < -0.3 is 9.80 Å². The molecule has 3 aliphatic rings. The van der Waals surface area contributed by atoms with Crippen molar-refractivity contribution < 1.29 is 0 Å². The largest absolute Gasteiger partial charge is 0.310 e. The van der Waals surface area contributed by atoms with Gasteiger partial charge in [-0.1, -0.05) is 227 Å². The number of nitrogens with zero attached hydrogens (tertiary/aromatic N) is 2. The summed E-state index contributed by atoms with van der Waals surface area (Å²) in [5, 5.41) is 2.45. The highest BCUT2D eigenvalue weighted by Gasteiger charge is 2.36. The summed E-state index contributed by atoms with van der Waals surface area (Å²) in [6, 6.07) is 103. The summed E-state index contributed by atoms with van der Waals surface area (Å²) in [5.41, 5.74) is 28.6. The molecule has 0 heterocycles. The van der Waals surface area contributed by atoms with E-state index in [1.165, 1.54) is 143 Å². The van der Waals surface area contributed by atoms with E-state index in [1.54, 1.807) is 0 Å². The van der Waals surface area contributed by atoms with Crippen molar-refractivity contribution in [2.75, 3.05) is 9.80 Å². The number of hydrogen-bond acceptors (Lipinski definition) is 2. The van der Waals surface area contributed by atoms with E-state index in [-0.39, 0.29) is 5.41 Å². The molecule has 0 amide bonds. The van der Waals surface area contributed by atoms with Gasteiger partial charge in [0.25, 0.3) is 0 Å². The van der Waals surface area contributed by atoms with Crippen LogP contribution in [0.1, 0.15) is 90.8 Å². The Bertz CT molecular complexity index is 4380. The van der Waals surface area contributed by atoms with Gasteiger partial charge in [-0.15, -0.1) is 0 Å². The maximum Gasteiger partial charge on any atom is 0.0543 e. The highest BCUT2D eigenvalue weighted by atomic mass is 15.2. The average molecular weight is 1070 g/mol. The minimum atomic E-state index is -0.109. The molecule has 2 nitrogen and oxygen atoms in total. The molecule has 0 spiro atoms. The predicted octanol–water partition coefficient (Wildman–Crippen LogP) is 22.3. The summed E-state index contributed by atoms with van der Waals surface area (Å²) in [6.45, 7) is 4.74. The van der Waals surface area contributed by atoms with Gasteiger partial charge >= 0.3 is 0 Å². The van der Waals surface area contributed by atoms with Gasteiger partial charge in [-0.2, -0.15) is 0 Å². The Morgan fingerprint density at radius 3 is 1.41 bits per heavy atom. The van der Waals surface area contributed by atoms with Crippen molar-refractivity contribution in [1.82, 2.24) is 0 Å². The molecule has 400 valence electrons. The fourth-order valence-corrected chi connectivity index (χ4v) is 14.3. The first-order chi connectivity index (χ1) is 40.9. The number of anilines is 6. The Labute approximate surface area is 489 Å². The molecule has 83 heavy (non-hydrogen) atoms. The van der Waals surface area contributed by atoms with Gasteiger partial charge in [0.1, 0.15) is 0 Å². The lowest BCUT2D eigenvalue weighted by molar-refractivity contribution is 0.443. The highest BCUT2D eigenvalue weighted by molar-refractivity contribution is 5.98. The minimum Gasteiger partial charge on any atom is -0.310 e. The van der Waals surface area contributed by atoms with Crippen LogP contribution in [0.5, 0.6) is 0 Å². The lowest BCUT2D eigenvalue weighted by Gasteiger charge is -2.32. The normalized spacial score (nSPS) is 14.1. The van der Waals surface area contributed by atoms with Crippen molar-refractivity contribution in [2.24, 2.45) is 0 Å². The highest BCUT2D eigenvalue weighted by Crippen LogP contribution is 2.53. The van der Waals surface area contributed by atoms with Crippen molar-refractivity contribution in [1.29, 1.82) is 0 Å². The van der Waals surface area contributed by atoms with Crippen molar-refractivity contribution >= 4 is 44.9 Å². The molecule has 0 aromatic heterocycles. The molecule has 0 radical (unpaired) electrons. The first-order valence-corrected chi connectivity index (χ1v) is 30.0. The summed E-state index contributed by atoms with van der Waals surface area (Å²) in [6.07, 6.45) is 8.01. The molecule has 0 bridgehead atoms. The second-order valence-corrected chi connectivity index (χ2v) is 23.8. The Hall–Kier alpha value is -9.50. The third-order valence-electron chi connectivity index (χ3n) is 18.5. The quantitative estimate of drug-likeness (QED) is 0.142. The predicted molar refractivity (Wildman–Crippen MR) is 351 cm³/mol. The zero-order chi connectivity index (χ0) is 55.4. The van der Waals surface area contributed by atoms with E-state index in [1.807, 2.05) is 0 Å². The maximum absolute atomic E-state index is 2.55. The number of para-hydroxylation sites is 2. The second-order valence-electron chi connectivity index (χ2n) is 23.8. The van der Waals surface area contributed by atoms with Gasteiger partial charge in [-0.25, -0.2) is 0 Å². The van der Waals surface area contributed by atoms with Crippen LogP contribution in [0.15, 0.2) is 273 Å². The van der Waals surface area contributed by atoms with Crippen LogP contribution in [0.4, 0.5) is 34.1 Å². The van der Waals surface area contributed by atoms with Gasteiger partial charge in [-0.05, 0) is 205 Å². The number of rotatable bonds is 9. The molecule has 0 unspecified atom stereocenters. The summed E-state index contributed by atoms with van der Waals surface area (Å²) in [5.74, 6) is 0.631. The van der Waals surface area contributed by atoms with E-state index in [9.17, 15) is 0 Å². The van der Waals surface area contributed by atoms with Crippen molar-refractivity contribution in [3.8, 4) is 55.6 Å². The first kappa shape index (κ1) is 50.5. The third kappa shape index (κ3) is 9.15. The molecule has 15 rings (SSSR count). The third-order valence-corrected chi connectivity index (χ3v) is 18.5. The minimum absolute atomic E-state index is 0.109. The zero-order valence-electron chi connectivity index (χ0n) is 47.4. The lowest BCUT2D eigenvalue weighted by Crippen LogP contribution is -2.16. The Kier molecular flexibility index (Phi) is 12.8. The van der Waals surface area contributed by atoms with Crippen molar-refractivity contribution in [3.63, 3.8) is 0 Å². The van der Waals surface area contributed by atoms with Crippen LogP contribution < -0.4 is 9.80 Å². The molecule has 0 aliphatic heterocycles. The zero-order valence-corrected chi connectivity index (χ0v) is 47.4. The standard InChI is InChI=1S/C81H66N2/c1-81(2)77-38-22-21-37-71(77)76-52-68(45-46-78(76)81)83(66-33-13-6-14-34-66)80-51-64-49-60-29-17-19-35-69(60)72-53-74(58-26-9-4-10-27-58)79(82(65-31-11-5-12-32-65)67-43-41-57(42-44-67)55-23-7-3-8-24-55)50-63(72)48-61-30-18-20-36-70(61)73(64)54-75(80)62-40-39-56-25-15-16-28-59(56)47-62/h4-6,9-22,25-47,50-55H,3,7-8,23-24,48-49H2,1-2H3. The summed E-state index contributed by atoms with van der Waals surface area (Å²) >= 11 is 0. The van der Waals surface area contributed by atoms with Crippen LogP contribution in [0.3, 0.4) is 0 Å². The molecular formula is C81H66N2. The summed E-state index contributed by atoms with van der Waals surface area (Å²) < 4.78 is 0. The average Bonchev–Trinajstić information content (AvgIpc) is 3.79. The number of hydrogen-bond donors (Lipinski definition) is 0. The van der Waals surface area contributed by atoms with Crippen LogP contribution in [0, 0.1) is 0 Å². The lowest BCUT2D eigenvalue weighted by atomic mass is 9.81. The van der Waals surface area contributed by atoms with E-state index in [4.69, 9.17) is 0 Å². The van der Waals surface area contributed by atoms with Crippen LogP contribution in [-0.4, -0.2) is 0 Å². The number of fused-ring (bicyclic) bond motifs is 10. The maximum atomic E-state index is 2.55. The molecule has 3 aliphatic carbocycles. The van der Waals surface area contributed by atoms with Gasteiger partial charge in [0.15, 0.2) is 0 Å². The molecule has 0 atom stereocenters. The van der Waals surface area contributed by atoms with Crippen molar-refractivity contribution in [2.45, 2.75) is 70.1 Å². The van der Waals surface area contributed by atoms with E-state index < -0.39 is 0 Å². The molecule has 1 fully saturated rings. The van der Waals surface area contributed by atoms with E-state index in [0.29, 0.717) is 5.92 Å². The molecule has 12 aromatic rings. The summed E-state index contributed by atoms with van der Waals surface area (Å²) in [7, 11) is 0. The molecule has 12 aromatic carbocycles. The molecule has 2 heteroatoms. The summed E-state index contributed by atoms with van der Waals surface area (Å²) in [4.78, 5) is 5.04. The molecule has 0 N–H and O–H groups in total. The van der Waals surface area contributed by atoms with E-state index in [2.05, 4.69) is 297 Å². The van der Waals surface area contributed by atoms with E-state index in [0.717, 1.165) is 41.3 Å². The Morgan fingerprint density at radius 2 is 0.783 bits per heavy atom. The van der Waals surface area contributed by atoms with Crippen LogP contribution >= 0.6 is 0 Å². The van der Waals surface area contributed by atoms with Crippen molar-refractivity contribution in [3.05, 3.63) is 312 Å². The SMILES string of the molecule is CC1(C)c2ccccc2-c2cc(N(c3ccccc3)c3cc4c(cc3-c3ccc5ccccc5c3)-c3ccccc3Cc3cc(N(c5ccccc5)c5ccc(C6CCCCC6)cc5)c(-c5ccccc5)cc3-c3ccccc3C4)ccc21. The van der Waals surface area contributed by atoms with E-state index >= 15 is 0 Å². The smallest absolute Gasteiger partial charge is 0.0543 e. The molecule has 1 saturated carbocycles. The van der Waals surface area contributed by atoms with Gasteiger partial charge in [-0.3, -0.25) is 0 Å². The van der Waals surface area contributed by atoms with Crippen LogP contribution in [0.2, 0.25) is 0 Å².